The van der Waals surface area contributed by atoms with Crippen LogP contribution in [0.25, 0.3) is 0 Å². The Morgan fingerprint density at radius 3 is 2.52 bits per heavy atom. The Morgan fingerprint density at radius 1 is 1.29 bits per heavy atom. The van der Waals surface area contributed by atoms with Crippen LogP contribution in [0.3, 0.4) is 0 Å². The third-order valence-corrected chi connectivity index (χ3v) is 4.53. The van der Waals surface area contributed by atoms with Crippen LogP contribution in [0.2, 0.25) is 0 Å². The topological polar surface area (TPSA) is 74.5 Å². The van der Waals surface area contributed by atoms with E-state index in [1.807, 2.05) is 11.9 Å². The summed E-state index contributed by atoms with van der Waals surface area (Å²) in [5.74, 6) is 0.187. The summed E-state index contributed by atoms with van der Waals surface area (Å²) in [5.41, 5.74) is 5.86. The number of nitrogen functional groups attached to an aromatic ring is 1. The van der Waals surface area contributed by atoms with Gasteiger partial charge < -0.3 is 20.9 Å². The number of amides is 1. The fourth-order valence-electron chi connectivity index (χ4n) is 2.02. The van der Waals surface area contributed by atoms with E-state index >= 15 is 0 Å². The number of hydrogen-bond acceptors (Lipinski definition) is 6. The first-order valence-electron chi connectivity index (χ1n) is 7.51. The molecule has 0 saturated carbocycles. The predicted octanol–water partition coefficient (Wildman–Crippen LogP) is 1.64. The van der Waals surface area contributed by atoms with E-state index in [1.54, 1.807) is 0 Å². The van der Waals surface area contributed by atoms with Crippen molar-refractivity contribution in [3.8, 4) is 0 Å². The summed E-state index contributed by atoms with van der Waals surface area (Å²) >= 11 is 1.35. The first kappa shape index (κ1) is 17.7. The maximum Gasteiger partial charge on any atom is 0.265 e. The molecular weight excluding hydrogens is 286 g/mol. The number of hydrogen-bond donors (Lipinski definition) is 2. The van der Waals surface area contributed by atoms with Crippen molar-refractivity contribution in [1.29, 1.82) is 0 Å². The van der Waals surface area contributed by atoms with E-state index in [2.05, 4.69) is 36.0 Å². The van der Waals surface area contributed by atoms with Gasteiger partial charge in [0.1, 0.15) is 10.7 Å². The van der Waals surface area contributed by atoms with Crippen molar-refractivity contribution in [1.82, 2.24) is 15.2 Å². The van der Waals surface area contributed by atoms with Crippen molar-refractivity contribution in [2.24, 2.45) is 0 Å². The minimum absolute atomic E-state index is 0.131. The van der Waals surface area contributed by atoms with Crippen molar-refractivity contribution in [3.05, 3.63) is 4.88 Å². The predicted molar refractivity (Wildman–Crippen MR) is 90.2 cm³/mol. The fraction of sp³-hybridized carbons (Fsp3) is 0.714. The van der Waals surface area contributed by atoms with Gasteiger partial charge in [-0.2, -0.15) is 0 Å². The second-order valence-electron chi connectivity index (χ2n) is 4.92. The molecule has 0 atom stereocenters. The normalized spacial score (nSPS) is 10.9. The average Bonchev–Trinajstić information content (AvgIpc) is 2.86. The lowest BCUT2D eigenvalue weighted by Gasteiger charge is -2.17. The van der Waals surface area contributed by atoms with E-state index < -0.39 is 0 Å². The smallest absolute Gasteiger partial charge is 0.265 e. The molecule has 1 aromatic heterocycles. The van der Waals surface area contributed by atoms with Crippen LogP contribution in [-0.2, 0) is 0 Å². The number of nitrogens with zero attached hydrogens (tertiary/aromatic N) is 3. The van der Waals surface area contributed by atoms with Crippen molar-refractivity contribution in [3.63, 3.8) is 0 Å². The van der Waals surface area contributed by atoms with Crippen LogP contribution < -0.4 is 16.0 Å². The number of carbonyl (C=O) groups excluding carboxylic acids is 1. The van der Waals surface area contributed by atoms with E-state index in [0.29, 0.717) is 17.2 Å². The molecule has 0 aromatic carbocycles. The van der Waals surface area contributed by atoms with Gasteiger partial charge in [-0.3, -0.25) is 4.79 Å². The summed E-state index contributed by atoms with van der Waals surface area (Å²) in [5, 5.41) is 3.71. The van der Waals surface area contributed by atoms with E-state index in [4.69, 9.17) is 5.73 Å². The summed E-state index contributed by atoms with van der Waals surface area (Å²) in [4.78, 5) is 21.2. The first-order valence-corrected chi connectivity index (χ1v) is 8.33. The molecule has 1 amide bonds. The highest BCUT2D eigenvalue weighted by atomic mass is 32.1. The monoisotopic (exact) mass is 313 g/mol. The molecular formula is C14H27N5OS. The maximum absolute atomic E-state index is 12.2. The standard InChI is InChI=1S/C14H27N5OS/c1-5-9-18(4)14-17-12(15)11(21-14)13(20)16-8-10-19(6-2)7-3/h5-10,15H2,1-4H3,(H,16,20). The summed E-state index contributed by atoms with van der Waals surface area (Å²) in [6, 6.07) is 0. The Bertz CT molecular complexity index is 445. The van der Waals surface area contributed by atoms with Gasteiger partial charge in [0.25, 0.3) is 5.91 Å². The Kier molecular flexibility index (Phi) is 7.45. The van der Waals surface area contributed by atoms with Crippen LogP contribution >= 0.6 is 11.3 Å². The zero-order valence-electron chi connectivity index (χ0n) is 13.5. The summed E-state index contributed by atoms with van der Waals surface area (Å²) in [6.07, 6.45) is 1.03. The Hall–Kier alpha value is -1.34. The third-order valence-electron chi connectivity index (χ3n) is 3.34. The van der Waals surface area contributed by atoms with Gasteiger partial charge in [0, 0.05) is 26.7 Å². The second kappa shape index (κ2) is 8.84. The average molecular weight is 313 g/mol. The molecule has 1 aromatic rings. The lowest BCUT2D eigenvalue weighted by molar-refractivity contribution is 0.0953. The zero-order valence-corrected chi connectivity index (χ0v) is 14.3. The second-order valence-corrected chi connectivity index (χ2v) is 5.89. The number of likely N-dealkylation sites (N-methyl/N-ethyl adjacent to an activating group) is 1. The molecule has 0 unspecified atom stereocenters. The van der Waals surface area contributed by atoms with Gasteiger partial charge in [0.2, 0.25) is 0 Å². The quantitative estimate of drug-likeness (QED) is 0.725. The molecule has 21 heavy (non-hydrogen) atoms. The van der Waals surface area contributed by atoms with Crippen molar-refractivity contribution >= 4 is 28.2 Å². The van der Waals surface area contributed by atoms with Crippen LogP contribution in [0.1, 0.15) is 36.9 Å². The highest BCUT2D eigenvalue weighted by molar-refractivity contribution is 7.18. The molecule has 0 fully saturated rings. The van der Waals surface area contributed by atoms with E-state index in [0.717, 1.165) is 37.7 Å². The van der Waals surface area contributed by atoms with Crippen LogP contribution in [0.5, 0.6) is 0 Å². The van der Waals surface area contributed by atoms with Gasteiger partial charge >= 0.3 is 0 Å². The highest BCUT2D eigenvalue weighted by Gasteiger charge is 2.17. The first-order chi connectivity index (χ1) is 10.0. The fourth-order valence-corrected chi connectivity index (χ4v) is 2.91. The molecule has 0 aliphatic rings. The molecule has 1 rings (SSSR count). The van der Waals surface area contributed by atoms with Crippen molar-refractivity contribution in [2.75, 3.05) is 50.4 Å². The molecule has 0 bridgehead atoms. The molecule has 7 heteroatoms. The van der Waals surface area contributed by atoms with Crippen LogP contribution in [-0.4, -0.2) is 55.6 Å². The molecule has 0 aliphatic heterocycles. The summed E-state index contributed by atoms with van der Waals surface area (Å²) < 4.78 is 0. The van der Waals surface area contributed by atoms with Crippen LogP contribution in [0, 0.1) is 0 Å². The minimum atomic E-state index is -0.131. The molecule has 0 saturated heterocycles. The zero-order chi connectivity index (χ0) is 15.8. The van der Waals surface area contributed by atoms with Gasteiger partial charge in [-0.15, -0.1) is 0 Å². The largest absolute Gasteiger partial charge is 0.382 e. The van der Waals surface area contributed by atoms with E-state index in [1.165, 1.54) is 11.3 Å². The third kappa shape index (κ3) is 5.17. The molecule has 0 radical (unpaired) electrons. The number of carbonyl (C=O) groups is 1. The van der Waals surface area contributed by atoms with E-state index in [9.17, 15) is 4.79 Å². The number of thiazole rings is 1. The minimum Gasteiger partial charge on any atom is -0.382 e. The van der Waals surface area contributed by atoms with Gasteiger partial charge in [-0.25, -0.2) is 4.98 Å². The Labute approximate surface area is 131 Å². The van der Waals surface area contributed by atoms with Gasteiger partial charge in [0.15, 0.2) is 5.13 Å². The maximum atomic E-state index is 12.2. The molecule has 0 spiro atoms. The summed E-state index contributed by atoms with van der Waals surface area (Å²) in [7, 11) is 1.96. The van der Waals surface area contributed by atoms with Gasteiger partial charge in [-0.05, 0) is 19.5 Å². The van der Waals surface area contributed by atoms with Crippen molar-refractivity contribution in [2.45, 2.75) is 27.2 Å². The Balaban J connectivity index is 2.58. The molecule has 0 aliphatic carbocycles. The molecule has 6 nitrogen and oxygen atoms in total. The number of nitrogens with two attached hydrogens (primary N) is 1. The SMILES string of the molecule is CCCN(C)c1nc(N)c(C(=O)NCCN(CC)CC)s1. The van der Waals surface area contributed by atoms with Gasteiger partial charge in [0.05, 0.1) is 0 Å². The molecule has 120 valence electrons. The Morgan fingerprint density at radius 2 is 1.95 bits per heavy atom. The van der Waals surface area contributed by atoms with E-state index in [-0.39, 0.29) is 5.91 Å². The number of aromatic nitrogens is 1. The number of rotatable bonds is 9. The van der Waals surface area contributed by atoms with Crippen LogP contribution in [0.15, 0.2) is 0 Å². The van der Waals surface area contributed by atoms with Crippen molar-refractivity contribution < 1.29 is 4.79 Å². The molecule has 1 heterocycles. The summed E-state index contributed by atoms with van der Waals surface area (Å²) in [6.45, 7) is 10.7. The number of nitrogens with one attached hydrogen (secondary N) is 1. The number of anilines is 2. The molecule has 3 N–H and O–H groups in total. The van der Waals surface area contributed by atoms with Gasteiger partial charge in [-0.1, -0.05) is 32.1 Å². The highest BCUT2D eigenvalue weighted by Crippen LogP contribution is 2.27. The van der Waals surface area contributed by atoms with Crippen LogP contribution in [0.4, 0.5) is 10.9 Å². The lowest BCUT2D eigenvalue weighted by Crippen LogP contribution is -2.34. The lowest BCUT2D eigenvalue weighted by atomic mass is 10.4.